The summed E-state index contributed by atoms with van der Waals surface area (Å²) in [5, 5.41) is 3.52. The standard InChI is InChI=1S/C42H27NO2/c1-2-9-28(10-3-1)29-17-22-32(23-18-29)43(37-13-8-16-40-42(37)36-12-5-7-15-39(36)44-40)33-24-19-30(20-25-33)31-21-26-35-34-11-4-6-14-38(34)45-41(35)27-31/h1-27H/i1D,2D,3D,9D,10D,17D,18D,22D,23D. The lowest BCUT2D eigenvalue weighted by Gasteiger charge is -2.26. The molecular formula is C42H27NO2. The molecule has 0 N–H and O–H groups in total. The van der Waals surface area contributed by atoms with Crippen molar-refractivity contribution in [3.05, 3.63) is 164 Å². The fourth-order valence-corrected chi connectivity index (χ4v) is 5.96. The van der Waals surface area contributed by atoms with Crippen LogP contribution in [0.1, 0.15) is 12.3 Å². The zero-order valence-corrected chi connectivity index (χ0v) is 23.7. The SMILES string of the molecule is [2H]c1c([2H])c([2H])c(-c2c([2H])c([2H])c(N(c3ccc(-c4ccc5c(c4)oc4ccccc45)cc3)c3cccc4oc5ccccc5c34)c([2H])c2[2H])c([2H])c1[2H]. The van der Waals surface area contributed by atoms with E-state index in [0.29, 0.717) is 27.9 Å². The third-order valence-corrected chi connectivity index (χ3v) is 8.04. The molecule has 0 aliphatic rings. The molecule has 0 saturated carbocycles. The Labute approximate surface area is 272 Å². The number of hydrogen-bond acceptors (Lipinski definition) is 3. The van der Waals surface area contributed by atoms with E-state index in [-0.39, 0.29) is 11.3 Å². The second-order valence-electron chi connectivity index (χ2n) is 10.7. The Balaban J connectivity index is 1.27. The minimum absolute atomic E-state index is 0.0876. The fourth-order valence-electron chi connectivity index (χ4n) is 5.96. The van der Waals surface area contributed by atoms with Gasteiger partial charge in [-0.25, -0.2) is 0 Å². The van der Waals surface area contributed by atoms with Crippen LogP contribution < -0.4 is 4.90 Å². The molecule has 45 heavy (non-hydrogen) atoms. The predicted octanol–water partition coefficient (Wildman–Crippen LogP) is 12.3. The Hall–Kier alpha value is -6.06. The van der Waals surface area contributed by atoms with Crippen LogP contribution in [0, 0.1) is 0 Å². The third-order valence-electron chi connectivity index (χ3n) is 8.04. The molecule has 0 unspecified atom stereocenters. The number of furan rings is 2. The molecule has 9 aromatic rings. The van der Waals surface area contributed by atoms with E-state index in [1.54, 1.807) is 11.0 Å². The number of fused-ring (bicyclic) bond motifs is 6. The number of anilines is 3. The van der Waals surface area contributed by atoms with E-state index in [1.807, 2.05) is 103 Å². The molecule has 0 fully saturated rings. The van der Waals surface area contributed by atoms with E-state index in [2.05, 4.69) is 0 Å². The average molecular weight is 587 g/mol. The summed E-state index contributed by atoms with van der Waals surface area (Å²) in [6, 6.07) is 29.3. The number of para-hydroxylation sites is 2. The van der Waals surface area contributed by atoms with Crippen LogP contribution in [0.5, 0.6) is 0 Å². The molecular weight excluding hydrogens is 550 g/mol. The molecule has 0 spiro atoms. The van der Waals surface area contributed by atoms with Gasteiger partial charge in [0.1, 0.15) is 22.3 Å². The van der Waals surface area contributed by atoms with Crippen molar-refractivity contribution >= 4 is 60.9 Å². The van der Waals surface area contributed by atoms with Crippen LogP contribution in [0.2, 0.25) is 0 Å². The number of rotatable bonds is 5. The zero-order valence-electron chi connectivity index (χ0n) is 32.7. The first-order chi connectivity index (χ1) is 26.0. The Bertz CT molecular complexity index is 2950. The quantitative estimate of drug-likeness (QED) is 0.201. The van der Waals surface area contributed by atoms with Crippen molar-refractivity contribution in [3.63, 3.8) is 0 Å². The Morgan fingerprint density at radius 3 is 1.84 bits per heavy atom. The maximum absolute atomic E-state index is 9.36. The highest BCUT2D eigenvalue weighted by atomic mass is 16.3. The van der Waals surface area contributed by atoms with E-state index >= 15 is 0 Å². The highest BCUT2D eigenvalue weighted by Crippen LogP contribution is 2.43. The van der Waals surface area contributed by atoms with Crippen molar-refractivity contribution in [3.8, 4) is 22.3 Å². The summed E-state index contributed by atoms with van der Waals surface area (Å²) >= 11 is 0. The molecule has 212 valence electrons. The van der Waals surface area contributed by atoms with E-state index < -0.39 is 59.9 Å². The Morgan fingerprint density at radius 2 is 1.04 bits per heavy atom. The lowest BCUT2D eigenvalue weighted by molar-refractivity contribution is 0.668. The minimum Gasteiger partial charge on any atom is -0.456 e. The summed E-state index contributed by atoms with van der Waals surface area (Å²) in [5.74, 6) is 0. The maximum atomic E-state index is 9.36. The van der Waals surface area contributed by atoms with Gasteiger partial charge in [-0.15, -0.1) is 0 Å². The van der Waals surface area contributed by atoms with Crippen molar-refractivity contribution in [2.75, 3.05) is 4.90 Å². The molecule has 0 radical (unpaired) electrons. The second-order valence-corrected chi connectivity index (χ2v) is 10.7. The van der Waals surface area contributed by atoms with Crippen LogP contribution in [0.25, 0.3) is 66.1 Å². The van der Waals surface area contributed by atoms with Crippen LogP contribution in [0.15, 0.2) is 172 Å². The van der Waals surface area contributed by atoms with E-state index in [4.69, 9.17) is 18.4 Å². The summed E-state index contributed by atoms with van der Waals surface area (Å²) in [7, 11) is 0. The van der Waals surface area contributed by atoms with Crippen molar-refractivity contribution in [2.24, 2.45) is 0 Å². The molecule has 2 aromatic heterocycles. The van der Waals surface area contributed by atoms with Gasteiger partial charge in [-0.3, -0.25) is 0 Å². The van der Waals surface area contributed by atoms with Gasteiger partial charge in [0.15, 0.2) is 0 Å². The van der Waals surface area contributed by atoms with Crippen LogP contribution in [-0.4, -0.2) is 0 Å². The van der Waals surface area contributed by atoms with Crippen molar-refractivity contribution < 1.29 is 21.2 Å². The van der Waals surface area contributed by atoms with Crippen LogP contribution in [-0.2, 0) is 0 Å². The lowest BCUT2D eigenvalue weighted by Crippen LogP contribution is -2.10. The third kappa shape index (κ3) is 4.29. The smallest absolute Gasteiger partial charge is 0.137 e. The van der Waals surface area contributed by atoms with E-state index in [9.17, 15) is 2.74 Å². The number of benzene rings is 7. The Morgan fingerprint density at radius 1 is 0.422 bits per heavy atom. The van der Waals surface area contributed by atoms with E-state index in [1.165, 1.54) is 0 Å². The topological polar surface area (TPSA) is 29.5 Å². The largest absolute Gasteiger partial charge is 0.456 e. The number of hydrogen-bond donors (Lipinski definition) is 0. The molecule has 7 aromatic carbocycles. The average Bonchev–Trinajstić information content (AvgIpc) is 3.77. The van der Waals surface area contributed by atoms with Gasteiger partial charge in [0.2, 0.25) is 0 Å². The van der Waals surface area contributed by atoms with Crippen molar-refractivity contribution in [1.29, 1.82) is 0 Å². The molecule has 2 heterocycles. The molecule has 9 rings (SSSR count). The summed E-state index contributed by atoms with van der Waals surface area (Å²) in [6.45, 7) is 0. The van der Waals surface area contributed by atoms with Crippen LogP contribution in [0.4, 0.5) is 17.1 Å². The van der Waals surface area contributed by atoms with Gasteiger partial charge in [-0.1, -0.05) is 103 Å². The molecule has 0 aliphatic heterocycles. The molecule has 3 heteroatoms. The summed E-state index contributed by atoms with van der Waals surface area (Å²) in [6.07, 6.45) is 0. The minimum atomic E-state index is -0.633. The van der Waals surface area contributed by atoms with Gasteiger partial charge in [0.25, 0.3) is 0 Å². The summed E-state index contributed by atoms with van der Waals surface area (Å²) < 4.78 is 90.8. The van der Waals surface area contributed by atoms with Crippen LogP contribution in [0.3, 0.4) is 0 Å². The van der Waals surface area contributed by atoms with Gasteiger partial charge in [-0.05, 0) is 82.9 Å². The van der Waals surface area contributed by atoms with Gasteiger partial charge in [0, 0.05) is 27.5 Å². The molecule has 0 atom stereocenters. The molecule has 0 saturated heterocycles. The predicted molar refractivity (Wildman–Crippen MR) is 187 cm³/mol. The summed E-state index contributed by atoms with van der Waals surface area (Å²) in [5.41, 5.74) is 4.72. The first-order valence-electron chi connectivity index (χ1n) is 18.9. The van der Waals surface area contributed by atoms with Gasteiger partial charge in [0.05, 0.1) is 23.4 Å². The molecule has 0 amide bonds. The van der Waals surface area contributed by atoms with Crippen molar-refractivity contribution in [2.45, 2.75) is 0 Å². The normalized spacial score (nSPS) is 14.4. The van der Waals surface area contributed by atoms with E-state index in [0.717, 1.165) is 38.5 Å². The Kier molecular flexibility index (Phi) is 4.09. The lowest BCUT2D eigenvalue weighted by atomic mass is 10.0. The number of nitrogens with zero attached hydrogens (tertiary/aromatic N) is 1. The van der Waals surface area contributed by atoms with Crippen LogP contribution >= 0.6 is 0 Å². The zero-order chi connectivity index (χ0) is 37.6. The van der Waals surface area contributed by atoms with Gasteiger partial charge < -0.3 is 13.7 Å². The van der Waals surface area contributed by atoms with Gasteiger partial charge in [-0.2, -0.15) is 0 Å². The second kappa shape index (κ2) is 10.3. The molecule has 3 nitrogen and oxygen atoms in total. The van der Waals surface area contributed by atoms with Gasteiger partial charge >= 0.3 is 0 Å². The van der Waals surface area contributed by atoms with Crippen molar-refractivity contribution in [1.82, 2.24) is 0 Å². The first kappa shape index (κ1) is 17.9. The monoisotopic (exact) mass is 586 g/mol. The molecule has 0 aliphatic carbocycles. The first-order valence-corrected chi connectivity index (χ1v) is 14.4. The maximum Gasteiger partial charge on any atom is 0.137 e. The highest BCUT2D eigenvalue weighted by molar-refractivity contribution is 6.13. The fraction of sp³-hybridized carbons (Fsp3) is 0. The molecule has 0 bridgehead atoms. The summed E-state index contributed by atoms with van der Waals surface area (Å²) in [4.78, 5) is 1.66. The highest BCUT2D eigenvalue weighted by Gasteiger charge is 2.19.